The second kappa shape index (κ2) is 9.40. The molecule has 8 heteroatoms. The third kappa shape index (κ3) is 4.60. The van der Waals surface area contributed by atoms with E-state index in [1.54, 1.807) is 30.6 Å². The number of nitrogens with one attached hydrogen (secondary N) is 1. The Kier molecular flexibility index (Phi) is 6.41. The lowest BCUT2D eigenvalue weighted by Gasteiger charge is -2.24. The summed E-state index contributed by atoms with van der Waals surface area (Å²) in [5, 5.41) is 4.22. The largest absolute Gasteiger partial charge is 0.451 e. The lowest BCUT2D eigenvalue weighted by molar-refractivity contribution is 0.0998. The molecular weight excluding hydrogens is 427 g/mol. The van der Waals surface area contributed by atoms with Gasteiger partial charge in [-0.05, 0) is 44.2 Å². The summed E-state index contributed by atoms with van der Waals surface area (Å²) in [7, 11) is 1.83. The van der Waals surface area contributed by atoms with E-state index in [1.165, 1.54) is 17.8 Å². The Morgan fingerprint density at radius 2 is 1.91 bits per heavy atom. The van der Waals surface area contributed by atoms with Crippen molar-refractivity contribution in [2.75, 3.05) is 17.3 Å². The maximum atomic E-state index is 14.6. The van der Waals surface area contributed by atoms with Gasteiger partial charge in [0, 0.05) is 47.9 Å². The number of benzene rings is 2. The van der Waals surface area contributed by atoms with Crippen molar-refractivity contribution in [3.8, 4) is 0 Å². The predicted octanol–water partition coefficient (Wildman–Crippen LogP) is 5.75. The molecule has 0 spiro atoms. The fourth-order valence-electron chi connectivity index (χ4n) is 3.26. The Hall–Kier alpha value is -3.39. The minimum Gasteiger partial charge on any atom is -0.451 e. The van der Waals surface area contributed by atoms with Crippen LogP contribution in [0.3, 0.4) is 0 Å². The van der Waals surface area contributed by atoms with Crippen molar-refractivity contribution in [3.05, 3.63) is 78.1 Å². The van der Waals surface area contributed by atoms with Gasteiger partial charge < -0.3 is 14.6 Å². The molecule has 0 fully saturated rings. The first-order chi connectivity index (χ1) is 15.4. The highest BCUT2D eigenvalue weighted by atomic mass is 32.2. The van der Waals surface area contributed by atoms with Crippen molar-refractivity contribution in [1.29, 1.82) is 0 Å². The van der Waals surface area contributed by atoms with Crippen molar-refractivity contribution in [1.82, 2.24) is 9.97 Å². The normalized spacial score (nSPS) is 11.2. The Morgan fingerprint density at radius 1 is 1.16 bits per heavy atom. The van der Waals surface area contributed by atoms with Crippen LogP contribution in [0.5, 0.6) is 0 Å². The maximum Gasteiger partial charge on any atom is 0.291 e. The number of halogens is 1. The molecule has 4 rings (SSSR count). The van der Waals surface area contributed by atoms with Gasteiger partial charge in [0.2, 0.25) is 0 Å². The summed E-state index contributed by atoms with van der Waals surface area (Å²) in [4.78, 5) is 23.4. The number of rotatable bonds is 7. The van der Waals surface area contributed by atoms with Crippen LogP contribution >= 0.6 is 11.8 Å². The summed E-state index contributed by atoms with van der Waals surface area (Å²) in [5.74, 6) is -0.190. The molecule has 32 heavy (non-hydrogen) atoms. The minimum absolute atomic E-state index is 0.147. The first-order valence-corrected chi connectivity index (χ1v) is 11.2. The third-order valence-electron chi connectivity index (χ3n) is 5.15. The van der Waals surface area contributed by atoms with Crippen LogP contribution in [0.25, 0.3) is 11.0 Å². The number of carbonyl (C=O) groups excluding carboxylic acids is 1. The quantitative estimate of drug-likeness (QED) is 0.285. The molecule has 0 atom stereocenters. The van der Waals surface area contributed by atoms with Crippen molar-refractivity contribution in [2.24, 2.45) is 0 Å². The van der Waals surface area contributed by atoms with Gasteiger partial charge in [-0.15, -0.1) is 0 Å². The number of fused-ring (bicyclic) bond motifs is 1. The van der Waals surface area contributed by atoms with Crippen LogP contribution in [0.1, 0.15) is 30.0 Å². The monoisotopic (exact) mass is 450 g/mol. The zero-order valence-corrected chi connectivity index (χ0v) is 18.8. The molecule has 1 amide bonds. The topological polar surface area (TPSA) is 71.3 Å². The number of aromatic nitrogens is 2. The van der Waals surface area contributed by atoms with Crippen LogP contribution in [-0.4, -0.2) is 29.0 Å². The van der Waals surface area contributed by atoms with E-state index in [-0.39, 0.29) is 11.8 Å². The lowest BCUT2D eigenvalue weighted by atomic mass is 10.1. The van der Waals surface area contributed by atoms with Gasteiger partial charge in [0.25, 0.3) is 5.91 Å². The van der Waals surface area contributed by atoms with E-state index in [4.69, 9.17) is 4.42 Å². The number of furan rings is 1. The van der Waals surface area contributed by atoms with Crippen molar-refractivity contribution < 1.29 is 13.6 Å². The second-order valence-electron chi connectivity index (χ2n) is 7.55. The van der Waals surface area contributed by atoms with Crippen LogP contribution in [0.2, 0.25) is 0 Å². The molecule has 2 heterocycles. The van der Waals surface area contributed by atoms with Crippen LogP contribution in [-0.2, 0) is 5.75 Å². The third-order valence-corrected chi connectivity index (χ3v) is 6.05. The van der Waals surface area contributed by atoms with E-state index >= 15 is 0 Å². The molecule has 0 bridgehead atoms. The van der Waals surface area contributed by atoms with Crippen LogP contribution < -0.4 is 10.2 Å². The number of hydrogen-bond donors (Lipinski definition) is 1. The molecule has 0 saturated heterocycles. The molecule has 164 valence electrons. The summed E-state index contributed by atoms with van der Waals surface area (Å²) in [6.45, 7) is 3.97. The van der Waals surface area contributed by atoms with E-state index in [0.717, 1.165) is 10.9 Å². The Bertz CT molecular complexity index is 1240. The standard InChI is InChI=1S/C24H23FN4O2S/c1-15(2)29(3)20-10-9-16(13-19(20)25)28-23(30)22-18(14-32-24-26-11-6-12-27-24)17-7-4-5-8-21(17)31-22/h4-13,15H,14H2,1-3H3,(H,28,30). The van der Waals surface area contributed by atoms with Gasteiger partial charge in [-0.2, -0.15) is 0 Å². The van der Waals surface area contributed by atoms with E-state index in [9.17, 15) is 9.18 Å². The molecule has 1 N–H and O–H groups in total. The van der Waals surface area contributed by atoms with Crippen molar-refractivity contribution >= 4 is 40.0 Å². The van der Waals surface area contributed by atoms with Gasteiger partial charge >= 0.3 is 0 Å². The number of carbonyl (C=O) groups is 1. The van der Waals surface area contributed by atoms with Gasteiger partial charge in [-0.25, -0.2) is 14.4 Å². The SMILES string of the molecule is CC(C)N(C)c1ccc(NC(=O)c2oc3ccccc3c2CSc2ncccn2)cc1F. The number of thioether (sulfide) groups is 1. The molecule has 0 aliphatic carbocycles. The van der Waals surface area contributed by atoms with Crippen LogP contribution in [0, 0.1) is 5.82 Å². The van der Waals surface area contributed by atoms with Crippen molar-refractivity contribution in [3.63, 3.8) is 0 Å². The highest BCUT2D eigenvalue weighted by Gasteiger charge is 2.22. The highest BCUT2D eigenvalue weighted by Crippen LogP contribution is 2.32. The fraction of sp³-hybridized carbons (Fsp3) is 0.208. The zero-order chi connectivity index (χ0) is 22.7. The number of anilines is 2. The first kappa shape index (κ1) is 21.8. The number of hydrogen-bond acceptors (Lipinski definition) is 6. The highest BCUT2D eigenvalue weighted by molar-refractivity contribution is 7.98. The van der Waals surface area contributed by atoms with Gasteiger partial charge in [0.1, 0.15) is 11.4 Å². The van der Waals surface area contributed by atoms with Crippen LogP contribution in [0.15, 0.2) is 70.5 Å². The maximum absolute atomic E-state index is 14.6. The molecule has 2 aromatic heterocycles. The van der Waals surface area contributed by atoms with E-state index < -0.39 is 11.7 Å². The Balaban J connectivity index is 1.60. The van der Waals surface area contributed by atoms with Gasteiger partial charge in [0.15, 0.2) is 10.9 Å². The zero-order valence-electron chi connectivity index (χ0n) is 18.0. The Labute approximate surface area is 189 Å². The Morgan fingerprint density at radius 3 is 2.62 bits per heavy atom. The summed E-state index contributed by atoms with van der Waals surface area (Å²) in [6, 6.07) is 14.0. The average Bonchev–Trinajstić information content (AvgIpc) is 3.17. The number of para-hydroxylation sites is 1. The summed E-state index contributed by atoms with van der Waals surface area (Å²) >= 11 is 1.41. The van der Waals surface area contributed by atoms with E-state index in [2.05, 4.69) is 15.3 Å². The van der Waals surface area contributed by atoms with Crippen molar-refractivity contribution in [2.45, 2.75) is 30.8 Å². The summed E-state index contributed by atoms with van der Waals surface area (Å²) < 4.78 is 20.5. The molecule has 6 nitrogen and oxygen atoms in total. The second-order valence-corrected chi connectivity index (χ2v) is 8.49. The smallest absolute Gasteiger partial charge is 0.291 e. The van der Waals surface area contributed by atoms with Gasteiger partial charge in [-0.3, -0.25) is 4.79 Å². The average molecular weight is 451 g/mol. The molecule has 0 saturated carbocycles. The first-order valence-electron chi connectivity index (χ1n) is 10.2. The van der Waals surface area contributed by atoms with Crippen LogP contribution in [0.4, 0.5) is 15.8 Å². The molecule has 0 radical (unpaired) electrons. The molecule has 0 aliphatic heterocycles. The molecular formula is C24H23FN4O2S. The molecule has 0 unspecified atom stereocenters. The van der Waals surface area contributed by atoms with E-state index in [1.807, 2.05) is 50.1 Å². The minimum atomic E-state index is -0.435. The van der Waals surface area contributed by atoms with E-state index in [0.29, 0.717) is 27.9 Å². The number of nitrogens with zero attached hydrogens (tertiary/aromatic N) is 3. The molecule has 2 aromatic carbocycles. The predicted molar refractivity (Wildman–Crippen MR) is 126 cm³/mol. The van der Waals surface area contributed by atoms with Gasteiger partial charge in [-0.1, -0.05) is 30.0 Å². The number of amides is 1. The molecule has 0 aliphatic rings. The molecule has 4 aromatic rings. The van der Waals surface area contributed by atoms with Gasteiger partial charge in [0.05, 0.1) is 5.69 Å². The lowest BCUT2D eigenvalue weighted by Crippen LogP contribution is -2.26. The fourth-order valence-corrected chi connectivity index (χ4v) is 4.09. The summed E-state index contributed by atoms with van der Waals surface area (Å²) in [5.41, 5.74) is 2.19. The summed E-state index contributed by atoms with van der Waals surface area (Å²) in [6.07, 6.45) is 3.34.